The fraction of sp³-hybridized carbons (Fsp3) is 0.389. The summed E-state index contributed by atoms with van der Waals surface area (Å²) in [4.78, 5) is 14.9. The number of likely N-dealkylation sites (tertiary alicyclic amines) is 1. The molecule has 2 heteroatoms. The highest BCUT2D eigenvalue weighted by molar-refractivity contribution is 6.08. The lowest BCUT2D eigenvalue weighted by atomic mass is 9.97. The summed E-state index contributed by atoms with van der Waals surface area (Å²) in [6.07, 6.45) is 3.19. The van der Waals surface area contributed by atoms with E-state index in [0.29, 0.717) is 6.42 Å². The molecule has 0 atom stereocenters. The van der Waals surface area contributed by atoms with Gasteiger partial charge < -0.3 is 4.90 Å². The summed E-state index contributed by atoms with van der Waals surface area (Å²) in [6, 6.07) is 12.3. The molecule has 0 unspecified atom stereocenters. The Balaban J connectivity index is 1.82. The van der Waals surface area contributed by atoms with Crippen LogP contribution < -0.4 is 0 Å². The van der Waals surface area contributed by atoms with Gasteiger partial charge in [-0.1, -0.05) is 36.4 Å². The topological polar surface area (TPSA) is 20.3 Å². The first-order valence-corrected chi connectivity index (χ1v) is 7.49. The van der Waals surface area contributed by atoms with Crippen LogP contribution in [0.15, 0.2) is 36.4 Å². The van der Waals surface area contributed by atoms with Crippen molar-refractivity contribution < 1.29 is 4.79 Å². The minimum absolute atomic E-state index is 0.271. The van der Waals surface area contributed by atoms with Gasteiger partial charge in [0.2, 0.25) is 0 Å². The van der Waals surface area contributed by atoms with Crippen LogP contribution in [0.4, 0.5) is 0 Å². The standard InChI is InChI=1S/C18H21NO/c1-14-8-9-17(16-7-3-2-6-15(14)16)18(20)10-13-19-11-4-5-12-19/h2-3,6-9H,4-5,10-13H2,1H3. The van der Waals surface area contributed by atoms with E-state index in [1.807, 2.05) is 18.2 Å². The lowest BCUT2D eigenvalue weighted by molar-refractivity contribution is 0.0970. The van der Waals surface area contributed by atoms with Gasteiger partial charge in [-0.15, -0.1) is 0 Å². The van der Waals surface area contributed by atoms with Crippen molar-refractivity contribution in [2.45, 2.75) is 26.2 Å². The number of carbonyl (C=O) groups excluding carboxylic acids is 1. The highest BCUT2D eigenvalue weighted by atomic mass is 16.1. The molecule has 2 aromatic carbocycles. The van der Waals surface area contributed by atoms with Gasteiger partial charge in [0.15, 0.2) is 5.78 Å². The maximum atomic E-state index is 12.5. The number of aryl methyl sites for hydroxylation is 1. The van der Waals surface area contributed by atoms with Crippen LogP contribution in [-0.4, -0.2) is 30.3 Å². The molecule has 3 rings (SSSR count). The number of ketones is 1. The zero-order valence-corrected chi connectivity index (χ0v) is 12.1. The highest BCUT2D eigenvalue weighted by Gasteiger charge is 2.15. The molecule has 0 aliphatic carbocycles. The fourth-order valence-corrected chi connectivity index (χ4v) is 3.09. The van der Waals surface area contributed by atoms with E-state index in [9.17, 15) is 4.79 Å². The molecule has 20 heavy (non-hydrogen) atoms. The van der Waals surface area contributed by atoms with Crippen LogP contribution >= 0.6 is 0 Å². The van der Waals surface area contributed by atoms with Gasteiger partial charge in [0, 0.05) is 18.5 Å². The summed E-state index contributed by atoms with van der Waals surface area (Å²) in [5.74, 6) is 0.271. The van der Waals surface area contributed by atoms with Crippen LogP contribution in [0.25, 0.3) is 10.8 Å². The molecular formula is C18H21NO. The monoisotopic (exact) mass is 267 g/mol. The maximum absolute atomic E-state index is 12.5. The molecule has 0 spiro atoms. The van der Waals surface area contributed by atoms with Crippen molar-refractivity contribution in [1.82, 2.24) is 4.90 Å². The van der Waals surface area contributed by atoms with E-state index in [0.717, 1.165) is 30.6 Å². The van der Waals surface area contributed by atoms with Gasteiger partial charge in [-0.2, -0.15) is 0 Å². The van der Waals surface area contributed by atoms with E-state index in [1.54, 1.807) is 0 Å². The van der Waals surface area contributed by atoms with Gasteiger partial charge >= 0.3 is 0 Å². The second kappa shape index (κ2) is 5.76. The Labute approximate surface area is 120 Å². The molecule has 1 heterocycles. The second-order valence-electron chi connectivity index (χ2n) is 5.70. The Morgan fingerprint density at radius 3 is 2.50 bits per heavy atom. The van der Waals surface area contributed by atoms with E-state index < -0.39 is 0 Å². The summed E-state index contributed by atoms with van der Waals surface area (Å²) >= 11 is 0. The highest BCUT2D eigenvalue weighted by Crippen LogP contribution is 2.23. The van der Waals surface area contributed by atoms with Crippen LogP contribution in [-0.2, 0) is 0 Å². The van der Waals surface area contributed by atoms with Crippen LogP contribution in [0.1, 0.15) is 35.2 Å². The Hall–Kier alpha value is -1.67. The van der Waals surface area contributed by atoms with E-state index >= 15 is 0 Å². The van der Waals surface area contributed by atoms with Crippen LogP contribution in [0.3, 0.4) is 0 Å². The zero-order chi connectivity index (χ0) is 13.9. The molecule has 1 aliphatic rings. The lowest BCUT2D eigenvalue weighted by Crippen LogP contribution is -2.22. The van der Waals surface area contributed by atoms with Gasteiger partial charge in [-0.05, 0) is 49.2 Å². The number of benzene rings is 2. The van der Waals surface area contributed by atoms with Gasteiger partial charge in [0.25, 0.3) is 0 Å². The zero-order valence-electron chi connectivity index (χ0n) is 12.1. The lowest BCUT2D eigenvalue weighted by Gasteiger charge is -2.14. The first-order chi connectivity index (χ1) is 9.75. The Kier molecular flexibility index (Phi) is 3.83. The Morgan fingerprint density at radius 2 is 1.75 bits per heavy atom. The molecule has 0 aromatic heterocycles. The smallest absolute Gasteiger partial charge is 0.164 e. The van der Waals surface area contributed by atoms with Crippen molar-refractivity contribution in [2.24, 2.45) is 0 Å². The van der Waals surface area contributed by atoms with Crippen molar-refractivity contribution in [2.75, 3.05) is 19.6 Å². The summed E-state index contributed by atoms with van der Waals surface area (Å²) in [6.45, 7) is 5.31. The quantitative estimate of drug-likeness (QED) is 0.785. The van der Waals surface area contributed by atoms with Crippen molar-refractivity contribution in [3.8, 4) is 0 Å². The first-order valence-electron chi connectivity index (χ1n) is 7.49. The third-order valence-electron chi connectivity index (χ3n) is 4.30. The van der Waals surface area contributed by atoms with Gasteiger partial charge in [0.1, 0.15) is 0 Å². The minimum Gasteiger partial charge on any atom is -0.303 e. The van der Waals surface area contributed by atoms with Crippen LogP contribution in [0.5, 0.6) is 0 Å². The molecule has 1 saturated heterocycles. The van der Waals surface area contributed by atoms with E-state index in [-0.39, 0.29) is 5.78 Å². The first kappa shape index (κ1) is 13.3. The maximum Gasteiger partial charge on any atom is 0.164 e. The molecule has 0 bridgehead atoms. The molecule has 1 aliphatic heterocycles. The van der Waals surface area contributed by atoms with E-state index in [4.69, 9.17) is 0 Å². The minimum atomic E-state index is 0.271. The Morgan fingerprint density at radius 1 is 1.05 bits per heavy atom. The summed E-state index contributed by atoms with van der Waals surface area (Å²) < 4.78 is 0. The largest absolute Gasteiger partial charge is 0.303 e. The molecule has 0 saturated carbocycles. The molecule has 0 amide bonds. The van der Waals surface area contributed by atoms with Gasteiger partial charge in [0.05, 0.1) is 0 Å². The third-order valence-corrected chi connectivity index (χ3v) is 4.30. The molecule has 1 fully saturated rings. The molecule has 0 N–H and O–H groups in total. The fourth-order valence-electron chi connectivity index (χ4n) is 3.09. The SMILES string of the molecule is Cc1ccc(C(=O)CCN2CCCC2)c2ccccc12. The van der Waals surface area contributed by atoms with Crippen molar-refractivity contribution in [1.29, 1.82) is 0 Å². The number of Topliss-reactive ketones (excluding diaryl/α,β-unsaturated/α-hetero) is 1. The third kappa shape index (κ3) is 2.61. The molecule has 2 aromatic rings. The van der Waals surface area contributed by atoms with Gasteiger partial charge in [-0.3, -0.25) is 4.79 Å². The van der Waals surface area contributed by atoms with Crippen LogP contribution in [0, 0.1) is 6.92 Å². The van der Waals surface area contributed by atoms with E-state index in [2.05, 4.69) is 30.0 Å². The number of hydrogen-bond acceptors (Lipinski definition) is 2. The number of fused-ring (bicyclic) bond motifs is 1. The molecule has 2 nitrogen and oxygen atoms in total. The predicted molar refractivity (Wildman–Crippen MR) is 83.3 cm³/mol. The summed E-state index contributed by atoms with van der Waals surface area (Å²) in [5, 5.41) is 2.29. The van der Waals surface area contributed by atoms with Gasteiger partial charge in [-0.25, -0.2) is 0 Å². The van der Waals surface area contributed by atoms with Crippen molar-refractivity contribution >= 4 is 16.6 Å². The normalized spacial score (nSPS) is 15.8. The molecule has 104 valence electrons. The molecule has 0 radical (unpaired) electrons. The summed E-state index contributed by atoms with van der Waals surface area (Å²) in [5.41, 5.74) is 2.11. The van der Waals surface area contributed by atoms with E-state index in [1.165, 1.54) is 23.8 Å². The number of hydrogen-bond donors (Lipinski definition) is 0. The number of carbonyl (C=O) groups is 1. The predicted octanol–water partition coefficient (Wildman–Crippen LogP) is 3.82. The molecular weight excluding hydrogens is 246 g/mol. The average Bonchev–Trinajstić information content (AvgIpc) is 2.99. The summed E-state index contributed by atoms with van der Waals surface area (Å²) in [7, 11) is 0. The second-order valence-corrected chi connectivity index (χ2v) is 5.70. The van der Waals surface area contributed by atoms with Crippen molar-refractivity contribution in [3.05, 3.63) is 47.5 Å². The average molecular weight is 267 g/mol. The Bertz CT molecular complexity index is 626. The van der Waals surface area contributed by atoms with Crippen LogP contribution in [0.2, 0.25) is 0 Å². The van der Waals surface area contributed by atoms with Crippen molar-refractivity contribution in [3.63, 3.8) is 0 Å². The number of nitrogens with zero attached hydrogens (tertiary/aromatic N) is 1. The number of rotatable bonds is 4.